The van der Waals surface area contributed by atoms with Crippen molar-refractivity contribution in [3.8, 4) is 0 Å². The lowest BCUT2D eigenvalue weighted by molar-refractivity contribution is 0.419. The Morgan fingerprint density at radius 3 is 2.86 bits per heavy atom. The smallest absolute Gasteiger partial charge is 0.0804 e. The van der Waals surface area contributed by atoms with Gasteiger partial charge in [0.05, 0.1) is 16.6 Å². The summed E-state index contributed by atoms with van der Waals surface area (Å²) in [6.07, 6.45) is 5.01. The minimum atomic E-state index is 0.227. The van der Waals surface area contributed by atoms with Crippen LogP contribution in [0, 0.1) is 0 Å². The molecule has 21 heavy (non-hydrogen) atoms. The molecule has 1 aromatic carbocycles. The molecule has 1 atom stereocenters. The van der Waals surface area contributed by atoms with Crippen molar-refractivity contribution in [3.05, 3.63) is 46.0 Å². The Morgan fingerprint density at radius 2 is 2.19 bits per heavy atom. The molecule has 0 spiro atoms. The van der Waals surface area contributed by atoms with Crippen molar-refractivity contribution < 1.29 is 0 Å². The van der Waals surface area contributed by atoms with Crippen molar-refractivity contribution in [2.45, 2.75) is 51.5 Å². The Kier molecular flexibility index (Phi) is 4.66. The Labute approximate surface area is 131 Å². The van der Waals surface area contributed by atoms with Gasteiger partial charge in [-0.3, -0.25) is 0 Å². The van der Waals surface area contributed by atoms with Gasteiger partial charge in [0.2, 0.25) is 0 Å². The van der Waals surface area contributed by atoms with Gasteiger partial charge in [-0.05, 0) is 54.4 Å². The van der Waals surface area contributed by atoms with Gasteiger partial charge in [-0.15, -0.1) is 5.10 Å². The summed E-state index contributed by atoms with van der Waals surface area (Å²) >= 11 is 1.53. The molecule has 0 aliphatic heterocycles. The summed E-state index contributed by atoms with van der Waals surface area (Å²) in [5.74, 6) is 0.775. The number of nitrogens with zero attached hydrogens (tertiary/aromatic N) is 2. The van der Waals surface area contributed by atoms with E-state index in [9.17, 15) is 0 Å². The molecule has 0 radical (unpaired) electrons. The first-order chi connectivity index (χ1) is 10.3. The number of aromatic nitrogens is 2. The third kappa shape index (κ3) is 3.01. The van der Waals surface area contributed by atoms with E-state index >= 15 is 0 Å². The number of nitrogens with one attached hydrogen (secondary N) is 1. The van der Waals surface area contributed by atoms with E-state index in [2.05, 4.69) is 53.0 Å². The molecule has 0 bridgehead atoms. The van der Waals surface area contributed by atoms with E-state index in [4.69, 9.17) is 0 Å². The second kappa shape index (κ2) is 6.67. The van der Waals surface area contributed by atoms with Crippen LogP contribution >= 0.6 is 11.5 Å². The van der Waals surface area contributed by atoms with Crippen molar-refractivity contribution >= 4 is 11.5 Å². The highest BCUT2D eigenvalue weighted by Gasteiger charge is 2.23. The SMILES string of the molecule is CCNC(c1cccc(C2CCC2)c1)c1snnc1CC. The number of benzene rings is 1. The van der Waals surface area contributed by atoms with Crippen molar-refractivity contribution in [1.29, 1.82) is 0 Å². The zero-order valence-electron chi connectivity index (χ0n) is 12.8. The Hall–Kier alpha value is -1.26. The first-order valence-electron chi connectivity index (χ1n) is 7.97. The third-order valence-electron chi connectivity index (χ3n) is 4.41. The minimum Gasteiger partial charge on any atom is -0.306 e. The summed E-state index contributed by atoms with van der Waals surface area (Å²) in [5, 5.41) is 7.89. The van der Waals surface area contributed by atoms with Crippen molar-refractivity contribution in [2.24, 2.45) is 0 Å². The van der Waals surface area contributed by atoms with Crippen LogP contribution in [-0.2, 0) is 6.42 Å². The number of hydrogen-bond donors (Lipinski definition) is 1. The predicted molar refractivity (Wildman–Crippen MR) is 87.8 cm³/mol. The summed E-state index contributed by atoms with van der Waals surface area (Å²) in [4.78, 5) is 1.27. The van der Waals surface area contributed by atoms with Crippen molar-refractivity contribution in [1.82, 2.24) is 14.9 Å². The molecule has 1 saturated carbocycles. The summed E-state index contributed by atoms with van der Waals surface area (Å²) in [5.41, 5.74) is 3.97. The second-order valence-corrected chi connectivity index (χ2v) is 6.51. The molecular formula is C17H23N3S. The maximum absolute atomic E-state index is 4.28. The summed E-state index contributed by atoms with van der Waals surface area (Å²) < 4.78 is 4.16. The molecule has 1 N–H and O–H groups in total. The maximum atomic E-state index is 4.28. The molecule has 1 heterocycles. The molecule has 1 unspecified atom stereocenters. The van der Waals surface area contributed by atoms with Crippen LogP contribution in [0.3, 0.4) is 0 Å². The van der Waals surface area contributed by atoms with Crippen molar-refractivity contribution in [2.75, 3.05) is 6.54 Å². The molecule has 1 aliphatic carbocycles. The normalized spacial score (nSPS) is 16.7. The first kappa shape index (κ1) is 14.7. The van der Waals surface area contributed by atoms with E-state index in [0.29, 0.717) is 0 Å². The van der Waals surface area contributed by atoms with E-state index in [1.165, 1.54) is 46.8 Å². The lowest BCUT2D eigenvalue weighted by atomic mass is 9.79. The van der Waals surface area contributed by atoms with Crippen LogP contribution < -0.4 is 5.32 Å². The second-order valence-electron chi connectivity index (χ2n) is 5.73. The van der Waals surface area contributed by atoms with Crippen LogP contribution in [0.4, 0.5) is 0 Å². The van der Waals surface area contributed by atoms with Crippen LogP contribution in [0.5, 0.6) is 0 Å². The highest BCUT2D eigenvalue weighted by atomic mass is 32.1. The van der Waals surface area contributed by atoms with Gasteiger partial charge >= 0.3 is 0 Å². The molecule has 1 aliphatic rings. The van der Waals surface area contributed by atoms with Gasteiger partial charge in [-0.25, -0.2) is 0 Å². The maximum Gasteiger partial charge on any atom is 0.0804 e. The molecule has 0 amide bonds. The Balaban J connectivity index is 1.93. The van der Waals surface area contributed by atoms with Crippen LogP contribution in [0.25, 0.3) is 0 Å². The molecular weight excluding hydrogens is 278 g/mol. The van der Waals surface area contributed by atoms with Crippen LogP contribution in [-0.4, -0.2) is 16.1 Å². The van der Waals surface area contributed by atoms with Crippen LogP contribution in [0.15, 0.2) is 24.3 Å². The lowest BCUT2D eigenvalue weighted by Crippen LogP contribution is -2.22. The van der Waals surface area contributed by atoms with Gasteiger partial charge in [-0.2, -0.15) is 0 Å². The van der Waals surface area contributed by atoms with Crippen LogP contribution in [0.2, 0.25) is 0 Å². The van der Waals surface area contributed by atoms with E-state index in [0.717, 1.165) is 24.6 Å². The molecule has 1 fully saturated rings. The molecule has 0 saturated heterocycles. The third-order valence-corrected chi connectivity index (χ3v) is 5.24. The highest BCUT2D eigenvalue weighted by molar-refractivity contribution is 7.05. The molecule has 3 nitrogen and oxygen atoms in total. The van der Waals surface area contributed by atoms with Gasteiger partial charge in [-0.1, -0.05) is 49.0 Å². The predicted octanol–water partition coefficient (Wildman–Crippen LogP) is 4.07. The van der Waals surface area contributed by atoms with Gasteiger partial charge in [0.15, 0.2) is 0 Å². The zero-order chi connectivity index (χ0) is 14.7. The quantitative estimate of drug-likeness (QED) is 0.874. The minimum absolute atomic E-state index is 0.227. The van der Waals surface area contributed by atoms with Gasteiger partial charge in [0, 0.05) is 0 Å². The molecule has 3 rings (SSSR count). The van der Waals surface area contributed by atoms with Crippen molar-refractivity contribution in [3.63, 3.8) is 0 Å². The van der Waals surface area contributed by atoms with E-state index in [-0.39, 0.29) is 6.04 Å². The molecule has 1 aromatic heterocycles. The Bertz CT molecular complexity index is 589. The molecule has 2 aromatic rings. The standard InChI is InChI=1S/C17H23N3S/c1-3-15-17(21-20-19-15)16(18-4-2)14-10-6-9-13(11-14)12-7-5-8-12/h6,9-12,16,18H,3-5,7-8H2,1-2H3. The summed E-state index contributed by atoms with van der Waals surface area (Å²) in [6.45, 7) is 5.25. The fourth-order valence-corrected chi connectivity index (χ4v) is 3.82. The summed E-state index contributed by atoms with van der Waals surface area (Å²) in [6, 6.07) is 9.32. The monoisotopic (exact) mass is 301 g/mol. The number of aryl methyl sites for hydroxylation is 1. The van der Waals surface area contributed by atoms with E-state index in [1.807, 2.05) is 0 Å². The Morgan fingerprint density at radius 1 is 1.33 bits per heavy atom. The van der Waals surface area contributed by atoms with E-state index < -0.39 is 0 Å². The number of rotatable bonds is 6. The lowest BCUT2D eigenvalue weighted by Gasteiger charge is -2.27. The largest absolute Gasteiger partial charge is 0.306 e. The average molecular weight is 301 g/mol. The van der Waals surface area contributed by atoms with Crippen LogP contribution in [0.1, 0.15) is 66.8 Å². The number of hydrogen-bond acceptors (Lipinski definition) is 4. The van der Waals surface area contributed by atoms with Gasteiger partial charge in [0.1, 0.15) is 0 Å². The zero-order valence-corrected chi connectivity index (χ0v) is 13.6. The fourth-order valence-electron chi connectivity index (χ4n) is 2.98. The van der Waals surface area contributed by atoms with Gasteiger partial charge in [0.25, 0.3) is 0 Å². The van der Waals surface area contributed by atoms with Gasteiger partial charge < -0.3 is 5.32 Å². The average Bonchev–Trinajstić information content (AvgIpc) is 2.91. The van der Waals surface area contributed by atoms with E-state index in [1.54, 1.807) is 0 Å². The summed E-state index contributed by atoms with van der Waals surface area (Å²) in [7, 11) is 0. The molecule has 4 heteroatoms. The first-order valence-corrected chi connectivity index (χ1v) is 8.75. The fraction of sp³-hybridized carbons (Fsp3) is 0.529. The highest BCUT2D eigenvalue weighted by Crippen LogP contribution is 2.38. The topological polar surface area (TPSA) is 37.8 Å². The molecule has 112 valence electrons.